The van der Waals surface area contributed by atoms with E-state index in [0.717, 1.165) is 25.9 Å². The molecule has 21 heavy (non-hydrogen) atoms. The molecule has 1 aromatic rings. The smallest absolute Gasteiger partial charge is 0.268 e. The lowest BCUT2D eigenvalue weighted by atomic mass is 9.76. The SMILES string of the molecule is C[C@@H]1OCC2(CCN(c3ncc(I)c(=O)n3C)CC2)C1=O. The Morgan fingerprint density at radius 3 is 2.62 bits per heavy atom. The molecule has 1 spiro atoms. The molecule has 0 unspecified atom stereocenters. The fourth-order valence-corrected chi connectivity index (χ4v) is 3.69. The summed E-state index contributed by atoms with van der Waals surface area (Å²) in [5.74, 6) is 0.904. The van der Waals surface area contributed by atoms with Gasteiger partial charge in [0.2, 0.25) is 5.95 Å². The lowest BCUT2D eigenvalue weighted by molar-refractivity contribution is -0.128. The second-order valence-corrected chi connectivity index (χ2v) is 7.02. The van der Waals surface area contributed by atoms with Crippen LogP contribution in [-0.4, -0.2) is 41.1 Å². The van der Waals surface area contributed by atoms with E-state index in [0.29, 0.717) is 16.1 Å². The highest BCUT2D eigenvalue weighted by Crippen LogP contribution is 2.39. The summed E-state index contributed by atoms with van der Waals surface area (Å²) in [6.07, 6.45) is 2.85. The van der Waals surface area contributed by atoms with Gasteiger partial charge in [0.1, 0.15) is 6.10 Å². The molecule has 2 fully saturated rings. The van der Waals surface area contributed by atoms with E-state index in [1.54, 1.807) is 17.8 Å². The van der Waals surface area contributed by atoms with Crippen LogP contribution in [0.5, 0.6) is 0 Å². The number of carbonyl (C=O) groups is 1. The minimum Gasteiger partial charge on any atom is -0.370 e. The van der Waals surface area contributed by atoms with E-state index in [9.17, 15) is 9.59 Å². The molecule has 6 nitrogen and oxygen atoms in total. The first-order valence-electron chi connectivity index (χ1n) is 7.07. The lowest BCUT2D eigenvalue weighted by Gasteiger charge is -2.38. The van der Waals surface area contributed by atoms with Crippen LogP contribution >= 0.6 is 22.6 Å². The first-order chi connectivity index (χ1) is 9.94. The molecular formula is C14H18IN3O3. The molecule has 0 N–H and O–H groups in total. The fourth-order valence-electron chi connectivity index (χ4n) is 3.19. The van der Waals surface area contributed by atoms with Crippen molar-refractivity contribution in [3.63, 3.8) is 0 Å². The summed E-state index contributed by atoms with van der Waals surface area (Å²) in [5.41, 5.74) is -0.354. The van der Waals surface area contributed by atoms with E-state index < -0.39 is 0 Å². The number of anilines is 1. The van der Waals surface area contributed by atoms with Crippen molar-refractivity contribution in [1.29, 1.82) is 0 Å². The third kappa shape index (κ3) is 2.40. The fraction of sp³-hybridized carbons (Fsp3) is 0.643. The number of rotatable bonds is 1. The molecule has 0 saturated carbocycles. The number of hydrogen-bond acceptors (Lipinski definition) is 5. The molecule has 0 bridgehead atoms. The number of nitrogens with zero attached hydrogens (tertiary/aromatic N) is 3. The summed E-state index contributed by atoms with van der Waals surface area (Å²) in [5, 5.41) is 0. The van der Waals surface area contributed by atoms with Crippen molar-refractivity contribution >= 4 is 34.3 Å². The van der Waals surface area contributed by atoms with Crippen LogP contribution in [0.2, 0.25) is 0 Å². The largest absolute Gasteiger partial charge is 0.370 e. The van der Waals surface area contributed by atoms with Gasteiger partial charge in [-0.2, -0.15) is 0 Å². The van der Waals surface area contributed by atoms with Crippen LogP contribution in [0.1, 0.15) is 19.8 Å². The second kappa shape index (κ2) is 5.35. The predicted octanol–water partition coefficient (Wildman–Crippen LogP) is 0.959. The van der Waals surface area contributed by atoms with Crippen molar-refractivity contribution in [3.05, 3.63) is 20.1 Å². The van der Waals surface area contributed by atoms with E-state index in [4.69, 9.17) is 4.74 Å². The van der Waals surface area contributed by atoms with Gasteiger partial charge in [-0.05, 0) is 42.4 Å². The van der Waals surface area contributed by atoms with Gasteiger partial charge in [0, 0.05) is 26.3 Å². The van der Waals surface area contributed by atoms with Gasteiger partial charge >= 0.3 is 0 Å². The van der Waals surface area contributed by atoms with Crippen molar-refractivity contribution in [2.45, 2.75) is 25.9 Å². The Morgan fingerprint density at radius 1 is 1.38 bits per heavy atom. The number of ether oxygens (including phenoxy) is 1. The van der Waals surface area contributed by atoms with Gasteiger partial charge in [0.05, 0.1) is 15.6 Å². The first-order valence-corrected chi connectivity index (χ1v) is 8.15. The van der Waals surface area contributed by atoms with E-state index in [1.165, 1.54) is 0 Å². The van der Waals surface area contributed by atoms with E-state index in [1.807, 2.05) is 29.5 Å². The van der Waals surface area contributed by atoms with Gasteiger partial charge in [-0.25, -0.2) is 4.98 Å². The summed E-state index contributed by atoms with van der Waals surface area (Å²) < 4.78 is 7.71. The Bertz CT molecular complexity index is 635. The predicted molar refractivity (Wildman–Crippen MR) is 86.5 cm³/mol. The van der Waals surface area contributed by atoms with Gasteiger partial charge in [-0.15, -0.1) is 0 Å². The third-order valence-electron chi connectivity index (χ3n) is 4.61. The van der Waals surface area contributed by atoms with Crippen LogP contribution in [-0.2, 0) is 16.6 Å². The molecule has 0 aliphatic carbocycles. The summed E-state index contributed by atoms with van der Waals surface area (Å²) in [7, 11) is 1.74. The number of piperidine rings is 1. The molecule has 2 aliphatic rings. The minimum absolute atomic E-state index is 0.0326. The highest BCUT2D eigenvalue weighted by molar-refractivity contribution is 14.1. The van der Waals surface area contributed by atoms with Crippen LogP contribution in [0.3, 0.4) is 0 Å². The van der Waals surface area contributed by atoms with Gasteiger partial charge in [0.25, 0.3) is 5.56 Å². The molecule has 3 rings (SSSR count). The van der Waals surface area contributed by atoms with Crippen LogP contribution in [0.4, 0.5) is 5.95 Å². The number of Topliss-reactive ketones (excluding diaryl/α,β-unsaturated/α-hetero) is 1. The Balaban J connectivity index is 1.79. The summed E-state index contributed by atoms with van der Waals surface area (Å²) in [4.78, 5) is 30.7. The lowest BCUT2D eigenvalue weighted by Crippen LogP contribution is -2.46. The molecule has 0 aromatic carbocycles. The highest BCUT2D eigenvalue weighted by Gasteiger charge is 2.48. The van der Waals surface area contributed by atoms with Crippen molar-refractivity contribution in [2.24, 2.45) is 12.5 Å². The molecule has 1 aromatic heterocycles. The summed E-state index contributed by atoms with van der Waals surface area (Å²) in [6.45, 7) is 3.80. The Morgan fingerprint density at radius 2 is 2.05 bits per heavy atom. The Labute approximate surface area is 136 Å². The summed E-state index contributed by atoms with van der Waals surface area (Å²) >= 11 is 1.99. The van der Waals surface area contributed by atoms with Gasteiger partial charge < -0.3 is 9.64 Å². The van der Waals surface area contributed by atoms with Crippen molar-refractivity contribution in [1.82, 2.24) is 9.55 Å². The molecule has 3 heterocycles. The van der Waals surface area contributed by atoms with Crippen LogP contribution in [0, 0.1) is 8.99 Å². The van der Waals surface area contributed by atoms with Gasteiger partial charge in [-0.3, -0.25) is 14.2 Å². The normalized spacial score (nSPS) is 24.8. The third-order valence-corrected chi connectivity index (χ3v) is 5.35. The summed E-state index contributed by atoms with van der Waals surface area (Å²) in [6, 6.07) is 0. The second-order valence-electron chi connectivity index (χ2n) is 5.86. The zero-order valence-electron chi connectivity index (χ0n) is 12.1. The molecule has 1 atom stereocenters. The minimum atomic E-state index is -0.321. The molecule has 0 amide bonds. The zero-order chi connectivity index (χ0) is 15.2. The number of halogens is 1. The van der Waals surface area contributed by atoms with Crippen molar-refractivity contribution in [2.75, 3.05) is 24.6 Å². The first kappa shape index (κ1) is 15.0. The maximum absolute atomic E-state index is 12.3. The number of hydrogen-bond donors (Lipinski definition) is 0. The zero-order valence-corrected chi connectivity index (χ0v) is 14.3. The average molecular weight is 403 g/mol. The van der Waals surface area contributed by atoms with Crippen LogP contribution < -0.4 is 10.5 Å². The Hall–Kier alpha value is -0.960. The maximum Gasteiger partial charge on any atom is 0.268 e. The molecule has 0 radical (unpaired) electrons. The van der Waals surface area contributed by atoms with E-state index in [2.05, 4.69) is 9.88 Å². The topological polar surface area (TPSA) is 64.4 Å². The van der Waals surface area contributed by atoms with Gasteiger partial charge in [-0.1, -0.05) is 0 Å². The number of carbonyl (C=O) groups excluding carboxylic acids is 1. The molecular weight excluding hydrogens is 385 g/mol. The average Bonchev–Trinajstić information content (AvgIpc) is 2.75. The van der Waals surface area contributed by atoms with Gasteiger partial charge in [0.15, 0.2) is 5.78 Å². The van der Waals surface area contributed by atoms with Crippen LogP contribution in [0.15, 0.2) is 11.0 Å². The maximum atomic E-state index is 12.3. The standard InChI is InChI=1S/C14H18IN3O3/c1-9-11(19)14(8-21-9)3-5-18(6-4-14)13-16-7-10(15)12(20)17(13)2/h7,9H,3-6,8H2,1-2H3/t9-/m0/s1. The number of aromatic nitrogens is 2. The number of ketones is 1. The molecule has 2 aliphatic heterocycles. The quantitative estimate of drug-likeness (QED) is 0.654. The Kier molecular flexibility index (Phi) is 3.81. The molecule has 114 valence electrons. The molecule has 2 saturated heterocycles. The van der Waals surface area contributed by atoms with Crippen LogP contribution in [0.25, 0.3) is 0 Å². The monoisotopic (exact) mass is 403 g/mol. The van der Waals surface area contributed by atoms with E-state index >= 15 is 0 Å². The van der Waals surface area contributed by atoms with Crippen molar-refractivity contribution < 1.29 is 9.53 Å². The van der Waals surface area contributed by atoms with Crippen molar-refractivity contribution in [3.8, 4) is 0 Å². The molecule has 7 heteroatoms. The van der Waals surface area contributed by atoms with E-state index in [-0.39, 0.29) is 22.9 Å². The highest BCUT2D eigenvalue weighted by atomic mass is 127.